The van der Waals surface area contributed by atoms with Crippen LogP contribution in [-0.4, -0.2) is 25.9 Å². The van der Waals surface area contributed by atoms with Crippen LogP contribution in [0.3, 0.4) is 0 Å². The van der Waals surface area contributed by atoms with Gasteiger partial charge in [0.05, 0.1) is 15.9 Å². The minimum atomic E-state index is -5.23. The Kier molecular flexibility index (Phi) is 9.55. The van der Waals surface area contributed by atoms with Crippen LogP contribution in [-0.2, 0) is 20.2 Å². The number of nitrogens with one attached hydrogen (secondary N) is 2. The first-order valence-electron chi connectivity index (χ1n) is 14.3. The van der Waals surface area contributed by atoms with Crippen LogP contribution in [0.5, 0.6) is 0 Å². The summed E-state index contributed by atoms with van der Waals surface area (Å²) in [6.45, 7) is 7.98. The first-order valence-corrected chi connectivity index (χ1v) is 17.1. The second-order valence-corrected chi connectivity index (χ2v) is 14.0. The molecule has 0 aromatic heterocycles. The van der Waals surface area contributed by atoms with Crippen molar-refractivity contribution >= 4 is 48.3 Å². The number of benzene rings is 5. The Balaban J connectivity index is 0.00000433. The summed E-state index contributed by atoms with van der Waals surface area (Å²) in [5.41, 5.74) is 7.83. The largest absolute Gasteiger partial charge is 1.00 e. The normalized spacial score (nSPS) is 12.3. The van der Waals surface area contributed by atoms with Crippen molar-refractivity contribution < 1.29 is 64.9 Å². The van der Waals surface area contributed by atoms with Crippen LogP contribution in [0, 0.1) is 27.7 Å². The summed E-state index contributed by atoms with van der Waals surface area (Å²) >= 11 is 0. The Hall–Kier alpha value is -3.81. The van der Waals surface area contributed by atoms with Gasteiger partial charge in [0.1, 0.15) is 31.6 Å². The van der Waals surface area contributed by atoms with Gasteiger partial charge in [-0.2, -0.15) is 0 Å². The Morgan fingerprint density at radius 1 is 0.681 bits per heavy atom. The smallest absolute Gasteiger partial charge is 0.744 e. The monoisotopic (exact) mass is 676 g/mol. The molecule has 1 aliphatic carbocycles. The molecule has 1 heterocycles. The van der Waals surface area contributed by atoms with Crippen molar-refractivity contribution in [1.29, 1.82) is 0 Å². The average molecular weight is 677 g/mol. The summed E-state index contributed by atoms with van der Waals surface area (Å²) in [6.07, 6.45) is 0. The molecular formula is C35H29N2NaO7S2. The molecule has 47 heavy (non-hydrogen) atoms. The van der Waals surface area contributed by atoms with E-state index in [9.17, 15) is 25.9 Å². The van der Waals surface area contributed by atoms with Crippen molar-refractivity contribution in [1.82, 2.24) is 0 Å². The predicted molar refractivity (Wildman–Crippen MR) is 173 cm³/mol. The maximum absolute atomic E-state index is 12.5. The van der Waals surface area contributed by atoms with E-state index in [1.807, 2.05) is 64.1 Å². The molecule has 6 rings (SSSR count). The molecular weight excluding hydrogens is 648 g/mol. The van der Waals surface area contributed by atoms with Crippen LogP contribution < -0.4 is 45.2 Å². The second kappa shape index (κ2) is 13.0. The Labute approximate surface area is 295 Å². The number of aryl methyl sites for hydroxylation is 4. The van der Waals surface area contributed by atoms with Crippen molar-refractivity contribution in [2.24, 2.45) is 0 Å². The van der Waals surface area contributed by atoms with Crippen molar-refractivity contribution in [3.63, 3.8) is 0 Å². The van der Waals surface area contributed by atoms with Crippen molar-refractivity contribution in [2.45, 2.75) is 37.5 Å². The van der Waals surface area contributed by atoms with E-state index in [0.717, 1.165) is 39.7 Å². The zero-order chi connectivity index (χ0) is 33.0. The van der Waals surface area contributed by atoms with Crippen LogP contribution in [0.4, 0.5) is 17.1 Å². The van der Waals surface area contributed by atoms with Gasteiger partial charge in [0.15, 0.2) is 0 Å². The van der Waals surface area contributed by atoms with E-state index in [1.54, 1.807) is 36.4 Å². The van der Waals surface area contributed by atoms with Crippen LogP contribution in [0.2, 0.25) is 0 Å². The maximum atomic E-state index is 12.5. The molecule has 9 nitrogen and oxygen atoms in total. The van der Waals surface area contributed by atoms with Crippen LogP contribution >= 0.6 is 0 Å². The Morgan fingerprint density at radius 2 is 1.30 bits per heavy atom. The first-order chi connectivity index (χ1) is 21.7. The predicted octanol–water partition coefficient (Wildman–Crippen LogP) is 2.31. The van der Waals surface area contributed by atoms with Crippen molar-refractivity contribution in [3.8, 4) is 22.5 Å². The van der Waals surface area contributed by atoms with E-state index < -0.39 is 30.0 Å². The van der Waals surface area contributed by atoms with Gasteiger partial charge in [0.25, 0.3) is 0 Å². The SMILES string of the molecule is Cc1cccc(C)c1Nc1ccc2c(-c3ccc(S(=O)(=O)[O-])cc3S(=O)(=O)[O-])c3ccc(=[NH+]c4c(C)cccc4C)cc-3oc2c1.[Na+]. The summed E-state index contributed by atoms with van der Waals surface area (Å²) in [7, 11) is -10.3. The van der Waals surface area contributed by atoms with Gasteiger partial charge < -0.3 is 18.8 Å². The maximum Gasteiger partial charge on any atom is 1.00 e. The van der Waals surface area contributed by atoms with Gasteiger partial charge in [-0.1, -0.05) is 42.5 Å². The third-order valence-electron chi connectivity index (χ3n) is 8.00. The van der Waals surface area contributed by atoms with Crippen molar-refractivity contribution in [3.05, 3.63) is 119 Å². The Bertz CT molecular complexity index is 2420. The van der Waals surface area contributed by atoms with E-state index in [4.69, 9.17) is 4.42 Å². The molecule has 2 aliphatic rings. The molecule has 0 atom stereocenters. The fraction of sp³-hybridized carbons (Fsp3) is 0.114. The molecule has 0 fully saturated rings. The molecule has 0 bridgehead atoms. The summed E-state index contributed by atoms with van der Waals surface area (Å²) in [6, 6.07) is 25.4. The summed E-state index contributed by atoms with van der Waals surface area (Å²) < 4.78 is 79.3. The molecule has 2 N–H and O–H groups in total. The van der Waals surface area contributed by atoms with Crippen LogP contribution in [0.1, 0.15) is 22.3 Å². The minimum Gasteiger partial charge on any atom is -0.744 e. The third kappa shape index (κ3) is 6.93. The molecule has 1 aliphatic heterocycles. The topological polar surface area (TPSA) is 154 Å². The van der Waals surface area contributed by atoms with Gasteiger partial charge in [-0.25, -0.2) is 21.8 Å². The van der Waals surface area contributed by atoms with E-state index in [0.29, 0.717) is 45.0 Å². The Morgan fingerprint density at radius 3 is 1.91 bits per heavy atom. The average Bonchev–Trinajstić information content (AvgIpc) is 2.98. The number of anilines is 2. The van der Waals surface area contributed by atoms with Crippen molar-refractivity contribution in [2.75, 3.05) is 5.32 Å². The van der Waals surface area contributed by atoms with Gasteiger partial charge in [0.2, 0.25) is 11.0 Å². The molecule has 0 unspecified atom stereocenters. The summed E-state index contributed by atoms with van der Waals surface area (Å²) in [4.78, 5) is 1.79. The number of hydrogen-bond donors (Lipinski definition) is 2. The fourth-order valence-corrected chi connectivity index (χ4v) is 7.00. The quantitative estimate of drug-likeness (QED) is 0.155. The summed E-state index contributed by atoms with van der Waals surface area (Å²) in [5.74, 6) is 0.373. The number of para-hydroxylation sites is 2. The van der Waals surface area contributed by atoms with Gasteiger partial charge in [-0.15, -0.1) is 0 Å². The van der Waals surface area contributed by atoms with Crippen LogP contribution in [0.15, 0.2) is 105 Å². The molecule has 0 spiro atoms. The molecule has 0 radical (unpaired) electrons. The molecule has 0 saturated carbocycles. The van der Waals surface area contributed by atoms with E-state index in [-0.39, 0.29) is 35.1 Å². The van der Waals surface area contributed by atoms with E-state index in [1.165, 1.54) is 6.07 Å². The third-order valence-corrected chi connectivity index (χ3v) is 9.71. The van der Waals surface area contributed by atoms with Gasteiger partial charge in [0, 0.05) is 56.7 Å². The molecule has 0 saturated heterocycles. The van der Waals surface area contributed by atoms with Crippen LogP contribution in [0.25, 0.3) is 33.4 Å². The van der Waals surface area contributed by atoms with Gasteiger partial charge in [-0.05, 0) is 69.2 Å². The van der Waals surface area contributed by atoms with Gasteiger partial charge >= 0.3 is 29.6 Å². The number of hydrogen-bond acceptors (Lipinski definition) is 8. The number of rotatable bonds is 6. The van der Waals surface area contributed by atoms with E-state index in [2.05, 4.69) is 10.3 Å². The molecule has 0 amide bonds. The minimum absolute atomic E-state index is 0. The standard InChI is InChI=1S/C35H30N2O7S2.Na/c1-20-7-5-8-21(2)34(20)36-24-11-14-27-30(17-24)44-31-18-25(37-35-22(3)9-6-10-23(35)4)12-15-28(31)33(27)29-16-13-26(45(38,39)40)19-32(29)46(41,42)43;/h5-19,36H,1-4H3,(H,38,39,40)(H,41,42,43);/q;+1/p-1. The zero-order valence-electron chi connectivity index (χ0n) is 26.3. The molecule has 4 aromatic carbocycles. The molecule has 12 heteroatoms. The molecule has 4 aromatic rings. The molecule has 234 valence electrons. The van der Waals surface area contributed by atoms with Gasteiger partial charge in [-0.3, -0.25) is 0 Å². The fourth-order valence-electron chi connectivity index (χ4n) is 5.72. The summed E-state index contributed by atoms with van der Waals surface area (Å²) in [5, 5.41) is 4.61. The second-order valence-electron chi connectivity index (χ2n) is 11.2. The zero-order valence-corrected chi connectivity index (χ0v) is 30.0. The first kappa shape index (κ1) is 34.5. The number of fused-ring (bicyclic) bond motifs is 2. The van der Waals surface area contributed by atoms with E-state index >= 15 is 0 Å².